The molecular formula is C72H130B3I3NO34P3Si5. The summed E-state index contributed by atoms with van der Waals surface area (Å²) in [5, 5.41) is 71.7. The number of carbonyl (C=O) groups is 12. The van der Waals surface area contributed by atoms with Crippen LogP contribution >= 0.6 is 89.2 Å². The maximum atomic E-state index is 14.5. The molecule has 35 nitrogen and oxygen atoms in total. The predicted molar refractivity (Wildman–Crippen MR) is 491 cm³/mol. The number of unbranched alkanes of at least 4 members (excludes halogenated alkanes) is 1. The van der Waals surface area contributed by atoms with Crippen molar-refractivity contribution in [1.29, 1.82) is 0 Å². The molecule has 0 saturated carbocycles. The monoisotopic (exact) mass is 2200 g/mol. The van der Waals surface area contributed by atoms with Gasteiger partial charge in [-0.1, -0.05) is 89.8 Å². The minimum atomic E-state index is -4.95. The lowest BCUT2D eigenvalue weighted by molar-refractivity contribution is -0.158. The lowest BCUT2D eigenvalue weighted by Gasteiger charge is -2.48. The lowest BCUT2D eigenvalue weighted by Crippen LogP contribution is -2.66. The van der Waals surface area contributed by atoms with Crippen LogP contribution in [0.5, 0.6) is 0 Å². The number of nitrogens with zero attached hydrogens (tertiary/aromatic N) is 1. The first-order valence-corrected chi connectivity index (χ1v) is 58.6. The molecular weight excluding hydrogens is 2070 g/mol. The summed E-state index contributed by atoms with van der Waals surface area (Å²) in [6, 6.07) is 0.791. The average molecular weight is 2200 g/mol. The fourth-order valence-corrected chi connectivity index (χ4v) is 42.4. The number of imide groups is 1. The number of cyclic esters (lactones) is 2. The number of aliphatic carboxylic acids is 7. The highest BCUT2D eigenvalue weighted by Crippen LogP contribution is 2.63. The van der Waals surface area contributed by atoms with Crippen LogP contribution in [0.25, 0.3) is 0 Å². The van der Waals surface area contributed by atoms with Crippen LogP contribution in [-0.2, 0) is 124 Å². The largest absolute Gasteiger partial charge is 0.505 e. The zero-order valence-corrected chi connectivity index (χ0v) is 88.1. The predicted octanol–water partition coefficient (Wildman–Crippen LogP) is 11.4. The molecule has 49 heteroatoms. The molecule has 0 aromatic carbocycles. The Balaban J connectivity index is 0.00000138. The molecule has 4 radical (unpaired) electrons. The normalized spacial score (nSPS) is 21.0. The van der Waals surface area contributed by atoms with Crippen molar-refractivity contribution in [2.45, 2.75) is 219 Å². The molecule has 2 aliphatic rings. The summed E-state index contributed by atoms with van der Waals surface area (Å²) >= 11 is 5.75. The van der Waals surface area contributed by atoms with Crippen LogP contribution in [0.3, 0.4) is 0 Å². The molecule has 2 fully saturated rings. The van der Waals surface area contributed by atoms with Gasteiger partial charge in [-0.3, -0.25) is 62.4 Å². The van der Waals surface area contributed by atoms with Gasteiger partial charge in [-0.2, -0.15) is 44.7 Å². The van der Waals surface area contributed by atoms with Crippen molar-refractivity contribution in [2.24, 2.45) is 71.0 Å². The lowest BCUT2D eigenvalue weighted by atomic mass is 9.73. The Morgan fingerprint density at radius 2 is 0.926 bits per heavy atom. The van der Waals surface area contributed by atoms with Gasteiger partial charge in [-0.05, 0) is 117 Å². The quantitative estimate of drug-likeness (QED) is 0.00565. The van der Waals surface area contributed by atoms with Crippen molar-refractivity contribution >= 4 is 222 Å². The molecule has 0 aromatic rings. The second kappa shape index (κ2) is 54.9. The van der Waals surface area contributed by atoms with Crippen LogP contribution in [0.4, 0.5) is 0 Å². The number of Topliss-reactive ketones (excluding diaryl/α,β-unsaturated/α-hetero) is 1. The maximum absolute atomic E-state index is 14.5. The molecule has 21 atom stereocenters. The van der Waals surface area contributed by atoms with Gasteiger partial charge >= 0.3 is 97.7 Å². The van der Waals surface area contributed by atoms with E-state index in [1.165, 1.54) is 70.4 Å². The van der Waals surface area contributed by atoms with E-state index in [1.54, 1.807) is 75.4 Å². The Hall–Kier alpha value is -1.56. The van der Waals surface area contributed by atoms with Crippen molar-refractivity contribution < 1.29 is 160 Å². The summed E-state index contributed by atoms with van der Waals surface area (Å²) in [5.74, 6) is -30.6. The van der Waals surface area contributed by atoms with Crippen LogP contribution in [0, 0.1) is 71.0 Å². The first kappa shape index (κ1) is 117. The topological polar surface area (TPSA) is 488 Å². The highest BCUT2D eigenvalue weighted by Gasteiger charge is 2.69. The molecule has 0 aliphatic carbocycles. The van der Waals surface area contributed by atoms with E-state index >= 15 is 0 Å². The Kier molecular flexibility index (Phi) is 53.3. The number of amides is 2. The van der Waals surface area contributed by atoms with E-state index in [1.807, 2.05) is 54.9 Å². The fourth-order valence-electron chi connectivity index (χ4n) is 17.4. The third kappa shape index (κ3) is 29.7. The molecule has 121 heavy (non-hydrogen) atoms. The minimum absolute atomic E-state index is 0.0249. The van der Waals surface area contributed by atoms with Crippen molar-refractivity contribution in [2.75, 3.05) is 95.5 Å². The number of esters is 2. The molecule has 2 aliphatic heterocycles. The second-order valence-electron chi connectivity index (χ2n) is 30.1. The molecule has 0 spiro atoms. The molecule has 2 amide bonds. The Bertz CT molecular complexity index is 3320. The number of likely N-dealkylation sites (tertiary alicyclic amines) is 1. The van der Waals surface area contributed by atoms with Gasteiger partial charge in [0, 0.05) is 148 Å². The van der Waals surface area contributed by atoms with Gasteiger partial charge < -0.3 is 102 Å². The summed E-state index contributed by atoms with van der Waals surface area (Å²) in [7, 11) is -4.21. The van der Waals surface area contributed by atoms with Gasteiger partial charge in [0.05, 0.1) is 59.2 Å². The SMILES string of the molecule is CCO[Si](OCC)(OCC)C(CC)C1C(=O)OC(=O)C1CC(C)(P[B]I)C(C(=O)O)C(C)C(=O)CCCC[Si](OC)(OC)OC.[B]P(I)C(C)(CC(C(=O)O)C(C(=O)O)C(CC)[Si](OCC)(OCC)O[Si](OCC)(OCC)C(CC)C(C(=O)O)C(CC(C)(P[B]I)C1C(=O)N(CCC[Si](OC)(OC)OC)C(=O)C1C)C(=O)O)C(C(=O)O)C(C)C(=O)O. The van der Waals surface area contributed by atoms with E-state index in [2.05, 4.69) is 22.4 Å². The number of hydrogen-bond acceptors (Lipinski definition) is 27. The smallest absolute Gasteiger partial charge is 0.481 e. The molecule has 21 unspecified atom stereocenters. The third-order valence-electron chi connectivity index (χ3n) is 23.2. The highest BCUT2D eigenvalue weighted by molar-refractivity contribution is 14.2. The summed E-state index contributed by atoms with van der Waals surface area (Å²) < 4.78 is 89.6. The third-order valence-corrected chi connectivity index (χ3v) is 50.2. The van der Waals surface area contributed by atoms with E-state index in [0.717, 1.165) is 11.8 Å². The standard InChI is InChI=1S/C44H78B2I2NO22P2Si3.C28H52BIO12PSi2/c1-14-29(31(40(58)59)27(38(54)55)23-43(9,72-46-47)33-25(7)35(50)49(36(33)51)21-20-22-74(64-11,65-12)66-13)75(67-16-3,68-17-4)71-76(69-18-5,70-19-6)30(15-2)32(41(60)61)28(39(56)57)24-44(10,73(45)48)34(42(62)63)26(8)37(52)53;1-10-22(45(39-11-2,40-12-3)41-13-4)23-20(26(34)42-27(23)35)18-28(6,43-29-30)24(25(32)33)19(5)21(31)16-14-15-17-44(36-7,37-8)38-9/h25-34,72H,14-24H2,1-13H3,(H,52,53)(H,54,55)(H,56,57)(H,58,59)(H,60,61)(H,62,63);19-20,22-24,43H,10-18H2,1-9H3,(H,32,33). The van der Waals surface area contributed by atoms with E-state index in [9.17, 15) is 93.3 Å². The van der Waals surface area contributed by atoms with Crippen LogP contribution in [0.15, 0.2) is 0 Å². The first-order valence-electron chi connectivity index (χ1n) is 40.5. The number of halogens is 3. The van der Waals surface area contributed by atoms with Gasteiger partial charge in [-0.15, -0.1) is 16.9 Å². The molecule has 0 bridgehead atoms. The molecule has 2 saturated heterocycles. The fraction of sp³-hybridized carbons (Fsp3) is 0.833. The van der Waals surface area contributed by atoms with Gasteiger partial charge in [-0.25, -0.2) is 0 Å². The van der Waals surface area contributed by atoms with Gasteiger partial charge in [0.1, 0.15) is 13.3 Å². The molecule has 692 valence electrons. The van der Waals surface area contributed by atoms with E-state index in [0.29, 0.717) is 25.3 Å². The van der Waals surface area contributed by atoms with Crippen LogP contribution < -0.4 is 0 Å². The van der Waals surface area contributed by atoms with Crippen molar-refractivity contribution in [3.8, 4) is 0 Å². The van der Waals surface area contributed by atoms with Crippen LogP contribution in [0.2, 0.25) is 28.7 Å². The molecule has 2 heterocycles. The van der Waals surface area contributed by atoms with E-state index in [4.69, 9.17) is 74.0 Å². The number of carboxylic acids is 7. The van der Waals surface area contributed by atoms with Gasteiger partial charge in [0.2, 0.25) is 21.5 Å². The summed E-state index contributed by atoms with van der Waals surface area (Å²) in [6.45, 7) is 25.5. The van der Waals surface area contributed by atoms with Crippen molar-refractivity contribution in [3.05, 3.63) is 0 Å². The van der Waals surface area contributed by atoms with E-state index in [-0.39, 0.29) is 114 Å². The second-order valence-corrected chi connectivity index (χ2v) is 56.8. The number of hydrogen-bond donors (Lipinski definition) is 7. The zero-order valence-electron chi connectivity index (χ0n) is 73.7. The number of ketones is 1. The minimum Gasteiger partial charge on any atom is -0.481 e. The van der Waals surface area contributed by atoms with Gasteiger partial charge in [0.15, 0.2) is 0 Å². The maximum Gasteiger partial charge on any atom is 0.505 e. The summed E-state index contributed by atoms with van der Waals surface area (Å²) in [4.78, 5) is 167. The number of rotatable bonds is 66. The first-order chi connectivity index (χ1) is 56.6. The number of carbonyl (C=O) groups excluding carboxylic acids is 5. The van der Waals surface area contributed by atoms with Gasteiger partial charge in [0.25, 0.3) is 0 Å². The molecule has 7 N–H and O–H groups in total. The van der Waals surface area contributed by atoms with Crippen LogP contribution in [-0.4, -0.2) is 284 Å². The number of ether oxygens (including phenoxy) is 1. The Labute approximate surface area is 765 Å². The van der Waals surface area contributed by atoms with Crippen molar-refractivity contribution in [1.82, 2.24) is 4.90 Å². The summed E-state index contributed by atoms with van der Waals surface area (Å²) in [5.41, 5.74) is -5.68. The number of carboxylic acid groups (broad SMARTS) is 7. The Morgan fingerprint density at radius 3 is 1.26 bits per heavy atom. The zero-order chi connectivity index (χ0) is 93.3. The highest BCUT2D eigenvalue weighted by atomic mass is 127. The summed E-state index contributed by atoms with van der Waals surface area (Å²) in [6.07, 6.45) is 0.354. The van der Waals surface area contributed by atoms with Crippen molar-refractivity contribution in [3.63, 3.8) is 0 Å². The molecule has 0 aromatic heterocycles. The Morgan fingerprint density at radius 1 is 0.529 bits per heavy atom. The van der Waals surface area contributed by atoms with E-state index < -0.39 is 231 Å². The average Bonchev–Trinajstić information content (AvgIpc) is 1.71. The van der Waals surface area contributed by atoms with Crippen LogP contribution in [0.1, 0.15) is 175 Å². The molecule has 2 rings (SSSR count).